The van der Waals surface area contributed by atoms with E-state index in [1.807, 2.05) is 0 Å². The van der Waals surface area contributed by atoms with Gasteiger partial charge in [0.25, 0.3) is 0 Å². The Balaban J connectivity index is 0.000000151. The highest BCUT2D eigenvalue weighted by Gasteiger charge is 2.16. The van der Waals surface area contributed by atoms with E-state index in [0.29, 0.717) is 11.5 Å². The zero-order chi connectivity index (χ0) is 11.3. The highest BCUT2D eigenvalue weighted by molar-refractivity contribution is 7.91. The lowest BCUT2D eigenvalue weighted by Gasteiger charge is -1.90. The molecule has 0 unspecified atom stereocenters. The second-order valence-corrected chi connectivity index (χ2v) is 6.32. The minimum Gasteiger partial charge on any atom is -0.229 e. The highest BCUT2D eigenvalue weighted by atomic mass is 32.2. The van der Waals surface area contributed by atoms with Crippen molar-refractivity contribution in [1.82, 2.24) is 0 Å². The molecule has 0 bridgehead atoms. The lowest BCUT2D eigenvalue weighted by molar-refractivity contribution is 0.602. The summed E-state index contributed by atoms with van der Waals surface area (Å²) in [5.74, 6) is 0.847. The van der Waals surface area contributed by atoms with Gasteiger partial charge in [-0.2, -0.15) is 0 Å². The van der Waals surface area contributed by atoms with Crippen LogP contribution in [0.1, 0.15) is 24.0 Å². The van der Waals surface area contributed by atoms with E-state index in [1.165, 1.54) is 11.1 Å². The monoisotopic (exact) mass is 226 g/mol. The second-order valence-electron chi connectivity index (χ2n) is 4.01. The minimum absolute atomic E-state index is 0.424. The molecule has 0 saturated carbocycles. The molecule has 2 rings (SSSR count). The van der Waals surface area contributed by atoms with Gasteiger partial charge in [0.2, 0.25) is 0 Å². The van der Waals surface area contributed by atoms with Crippen LogP contribution in [0, 0.1) is 13.8 Å². The van der Waals surface area contributed by atoms with Gasteiger partial charge < -0.3 is 0 Å². The lowest BCUT2D eigenvalue weighted by Crippen LogP contribution is -1.98. The van der Waals surface area contributed by atoms with Crippen molar-refractivity contribution in [2.45, 2.75) is 26.7 Å². The summed E-state index contributed by atoms with van der Waals surface area (Å²) in [6.07, 6.45) is 1.75. The van der Waals surface area contributed by atoms with Crippen LogP contribution in [0.4, 0.5) is 0 Å². The molecule has 1 aliphatic heterocycles. The SMILES string of the molecule is Cc1ccc(C)cc1.O=S1(=O)CCCC1. The van der Waals surface area contributed by atoms with E-state index < -0.39 is 9.84 Å². The number of rotatable bonds is 0. The smallest absolute Gasteiger partial charge is 0.150 e. The Morgan fingerprint density at radius 1 is 0.867 bits per heavy atom. The average molecular weight is 226 g/mol. The summed E-state index contributed by atoms with van der Waals surface area (Å²) < 4.78 is 20.9. The van der Waals surface area contributed by atoms with E-state index in [1.54, 1.807) is 0 Å². The molecule has 0 aliphatic carbocycles. The summed E-state index contributed by atoms with van der Waals surface area (Å²) in [6.45, 7) is 4.19. The van der Waals surface area contributed by atoms with E-state index in [9.17, 15) is 8.42 Å². The van der Waals surface area contributed by atoms with Gasteiger partial charge in [-0.25, -0.2) is 8.42 Å². The topological polar surface area (TPSA) is 34.1 Å². The molecule has 0 aromatic heterocycles. The van der Waals surface area contributed by atoms with Crippen LogP contribution >= 0.6 is 0 Å². The van der Waals surface area contributed by atoms with Crippen LogP contribution < -0.4 is 0 Å². The number of aryl methyl sites for hydroxylation is 2. The van der Waals surface area contributed by atoms with Crippen molar-refractivity contribution in [3.05, 3.63) is 35.4 Å². The van der Waals surface area contributed by atoms with Crippen LogP contribution in [0.3, 0.4) is 0 Å². The highest BCUT2D eigenvalue weighted by Crippen LogP contribution is 2.08. The fourth-order valence-electron chi connectivity index (χ4n) is 1.38. The van der Waals surface area contributed by atoms with Crippen LogP contribution in [-0.4, -0.2) is 19.9 Å². The predicted octanol–water partition coefficient (Wildman–Crippen LogP) is 2.50. The Kier molecular flexibility index (Phi) is 4.33. The van der Waals surface area contributed by atoms with Gasteiger partial charge in [-0.05, 0) is 26.7 Å². The maximum Gasteiger partial charge on any atom is 0.150 e. The molecule has 1 saturated heterocycles. The Hall–Kier alpha value is -0.830. The van der Waals surface area contributed by atoms with Gasteiger partial charge in [0, 0.05) is 0 Å². The maximum atomic E-state index is 10.4. The van der Waals surface area contributed by atoms with Gasteiger partial charge >= 0.3 is 0 Å². The number of benzene rings is 1. The molecule has 15 heavy (non-hydrogen) atoms. The Morgan fingerprint density at radius 2 is 1.20 bits per heavy atom. The van der Waals surface area contributed by atoms with E-state index in [4.69, 9.17) is 0 Å². The molecule has 1 aliphatic rings. The van der Waals surface area contributed by atoms with Crippen molar-refractivity contribution in [2.24, 2.45) is 0 Å². The summed E-state index contributed by atoms with van der Waals surface area (Å²) in [6, 6.07) is 8.48. The van der Waals surface area contributed by atoms with Crippen LogP contribution in [0.15, 0.2) is 24.3 Å². The third-order valence-electron chi connectivity index (χ3n) is 2.38. The number of sulfone groups is 1. The quantitative estimate of drug-likeness (QED) is 0.681. The van der Waals surface area contributed by atoms with Gasteiger partial charge in [0.15, 0.2) is 0 Å². The standard InChI is InChI=1S/C8H10.C4H8O2S/c1-7-3-5-8(2)6-4-7;5-7(6)3-1-2-4-7/h3-6H,1-2H3;1-4H2. The van der Waals surface area contributed by atoms with Gasteiger partial charge in [-0.3, -0.25) is 0 Å². The Bertz CT molecular complexity index is 357. The molecule has 84 valence electrons. The molecule has 3 heteroatoms. The van der Waals surface area contributed by atoms with Gasteiger partial charge in [-0.15, -0.1) is 0 Å². The first kappa shape index (κ1) is 12.2. The lowest BCUT2D eigenvalue weighted by atomic mass is 10.2. The fraction of sp³-hybridized carbons (Fsp3) is 0.500. The summed E-state index contributed by atoms with van der Waals surface area (Å²) in [4.78, 5) is 0. The van der Waals surface area contributed by atoms with Crippen molar-refractivity contribution in [1.29, 1.82) is 0 Å². The summed E-state index contributed by atoms with van der Waals surface area (Å²) in [7, 11) is -2.55. The third kappa shape index (κ3) is 4.98. The van der Waals surface area contributed by atoms with Crippen LogP contribution in [0.5, 0.6) is 0 Å². The first-order valence-electron chi connectivity index (χ1n) is 5.23. The molecule has 1 aromatic rings. The van der Waals surface area contributed by atoms with Crippen LogP contribution in [0.25, 0.3) is 0 Å². The molecule has 0 atom stereocenters. The normalized spacial score (nSPS) is 18.0. The van der Waals surface area contributed by atoms with Gasteiger partial charge in [-0.1, -0.05) is 35.4 Å². The van der Waals surface area contributed by atoms with E-state index in [-0.39, 0.29) is 0 Å². The number of hydrogen-bond acceptors (Lipinski definition) is 2. The largest absolute Gasteiger partial charge is 0.229 e. The second kappa shape index (κ2) is 5.31. The van der Waals surface area contributed by atoms with E-state index >= 15 is 0 Å². The van der Waals surface area contributed by atoms with Crippen LogP contribution in [0.2, 0.25) is 0 Å². The van der Waals surface area contributed by atoms with E-state index in [0.717, 1.165) is 12.8 Å². The Labute approximate surface area is 92.2 Å². The van der Waals surface area contributed by atoms with Gasteiger partial charge in [0.05, 0.1) is 11.5 Å². The zero-order valence-electron chi connectivity index (χ0n) is 9.36. The summed E-state index contributed by atoms with van der Waals surface area (Å²) in [5, 5.41) is 0. The van der Waals surface area contributed by atoms with Crippen molar-refractivity contribution < 1.29 is 8.42 Å². The maximum absolute atomic E-state index is 10.4. The molecule has 1 fully saturated rings. The van der Waals surface area contributed by atoms with Crippen LogP contribution in [-0.2, 0) is 9.84 Å². The molecular formula is C12H18O2S. The molecule has 0 amide bonds. The summed E-state index contributed by atoms with van der Waals surface area (Å²) >= 11 is 0. The van der Waals surface area contributed by atoms with Crippen molar-refractivity contribution in [2.75, 3.05) is 11.5 Å². The third-order valence-corrected chi connectivity index (χ3v) is 4.20. The molecule has 0 spiro atoms. The molecule has 0 N–H and O–H groups in total. The fourth-order valence-corrected chi connectivity index (χ4v) is 2.87. The first-order chi connectivity index (χ1) is 6.99. The van der Waals surface area contributed by atoms with Crippen molar-refractivity contribution in [3.63, 3.8) is 0 Å². The van der Waals surface area contributed by atoms with E-state index in [2.05, 4.69) is 38.1 Å². The Morgan fingerprint density at radius 3 is 1.40 bits per heavy atom. The minimum atomic E-state index is -2.55. The molecule has 2 nitrogen and oxygen atoms in total. The zero-order valence-corrected chi connectivity index (χ0v) is 10.2. The molecular weight excluding hydrogens is 208 g/mol. The number of hydrogen-bond donors (Lipinski definition) is 0. The first-order valence-corrected chi connectivity index (χ1v) is 7.05. The summed E-state index contributed by atoms with van der Waals surface area (Å²) in [5.41, 5.74) is 2.66. The predicted molar refractivity (Wildman–Crippen MR) is 63.8 cm³/mol. The average Bonchev–Trinajstić information content (AvgIpc) is 2.57. The molecule has 1 heterocycles. The van der Waals surface area contributed by atoms with Gasteiger partial charge in [0.1, 0.15) is 9.84 Å². The molecule has 1 aromatic carbocycles. The van der Waals surface area contributed by atoms with Crippen molar-refractivity contribution in [3.8, 4) is 0 Å². The molecule has 0 radical (unpaired) electrons. The van der Waals surface area contributed by atoms with Crippen molar-refractivity contribution >= 4 is 9.84 Å².